The summed E-state index contributed by atoms with van der Waals surface area (Å²) in [6, 6.07) is 6.52. The summed E-state index contributed by atoms with van der Waals surface area (Å²) in [5, 5.41) is 3.53. The van der Waals surface area contributed by atoms with Gasteiger partial charge in [-0.2, -0.15) is 0 Å². The van der Waals surface area contributed by atoms with Gasteiger partial charge in [-0.05, 0) is 44.0 Å². The van der Waals surface area contributed by atoms with Crippen LogP contribution in [0.15, 0.2) is 23.2 Å². The van der Waals surface area contributed by atoms with Gasteiger partial charge in [-0.15, -0.1) is 0 Å². The van der Waals surface area contributed by atoms with E-state index in [-0.39, 0.29) is 12.5 Å². The van der Waals surface area contributed by atoms with Crippen molar-refractivity contribution >= 4 is 17.6 Å². The maximum Gasteiger partial charge on any atom is 0.243 e. The lowest BCUT2D eigenvalue weighted by molar-refractivity contribution is -0.127. The first-order valence-corrected chi connectivity index (χ1v) is 11.8. The molecule has 0 radical (unpaired) electrons. The number of nitrogens with zero attached hydrogens (tertiary/aromatic N) is 5. The predicted molar refractivity (Wildman–Crippen MR) is 131 cm³/mol. The van der Waals surface area contributed by atoms with Crippen LogP contribution in [0, 0.1) is 13.8 Å². The minimum atomic E-state index is 0.0200. The number of aliphatic imine (C=N–C) groups is 1. The number of likely N-dealkylation sites (N-methyl/N-ethyl adjacent to an activating group) is 1. The van der Waals surface area contributed by atoms with E-state index in [0.29, 0.717) is 0 Å². The van der Waals surface area contributed by atoms with Crippen molar-refractivity contribution in [2.45, 2.75) is 20.3 Å². The molecule has 0 aromatic heterocycles. The molecule has 1 amide bonds. The topological polar surface area (TPSA) is 63.7 Å². The van der Waals surface area contributed by atoms with E-state index in [9.17, 15) is 4.79 Å². The smallest absolute Gasteiger partial charge is 0.243 e. The Balaban J connectivity index is 1.56. The molecule has 2 saturated heterocycles. The fourth-order valence-corrected chi connectivity index (χ4v) is 4.12. The van der Waals surface area contributed by atoms with Crippen LogP contribution in [0.2, 0.25) is 0 Å². The van der Waals surface area contributed by atoms with Crippen molar-refractivity contribution in [3.63, 3.8) is 0 Å². The molecule has 8 heteroatoms. The number of rotatable bonds is 7. The number of anilines is 1. The van der Waals surface area contributed by atoms with Gasteiger partial charge in [0.25, 0.3) is 0 Å². The fourth-order valence-electron chi connectivity index (χ4n) is 4.12. The second-order valence-electron chi connectivity index (χ2n) is 8.86. The van der Waals surface area contributed by atoms with Gasteiger partial charge in [0.1, 0.15) is 6.54 Å². The summed E-state index contributed by atoms with van der Waals surface area (Å²) in [6.07, 6.45) is 1.04. The maximum atomic E-state index is 12.1. The number of ether oxygens (including phenoxy) is 1. The molecule has 0 unspecified atom stereocenters. The Morgan fingerprint density at radius 2 is 1.81 bits per heavy atom. The minimum absolute atomic E-state index is 0.0200. The fraction of sp³-hybridized carbons (Fsp3) is 0.667. The maximum absolute atomic E-state index is 12.1. The molecule has 1 N–H and O–H groups in total. The molecule has 0 aliphatic carbocycles. The van der Waals surface area contributed by atoms with E-state index in [0.717, 1.165) is 78.0 Å². The van der Waals surface area contributed by atoms with Crippen LogP contribution in [0.3, 0.4) is 0 Å². The lowest BCUT2D eigenvalue weighted by Crippen LogP contribution is -2.53. The highest BCUT2D eigenvalue weighted by atomic mass is 16.5. The van der Waals surface area contributed by atoms with Crippen molar-refractivity contribution in [1.29, 1.82) is 0 Å². The van der Waals surface area contributed by atoms with Gasteiger partial charge in [0.05, 0.1) is 13.2 Å². The van der Waals surface area contributed by atoms with Crippen molar-refractivity contribution in [3.05, 3.63) is 29.3 Å². The molecule has 2 aliphatic heterocycles. The van der Waals surface area contributed by atoms with Crippen LogP contribution in [-0.4, -0.2) is 113 Å². The number of carbonyl (C=O) groups excluding carboxylic acids is 1. The Labute approximate surface area is 193 Å². The largest absolute Gasteiger partial charge is 0.379 e. The first kappa shape index (κ1) is 24.3. The van der Waals surface area contributed by atoms with Crippen molar-refractivity contribution in [1.82, 2.24) is 20.0 Å². The third-order valence-electron chi connectivity index (χ3n) is 6.40. The second kappa shape index (κ2) is 12.1. The summed E-state index contributed by atoms with van der Waals surface area (Å²) in [6.45, 7) is 13.8. The Hall–Kier alpha value is -2.32. The van der Waals surface area contributed by atoms with Crippen LogP contribution in [0.5, 0.6) is 0 Å². The number of benzene rings is 1. The number of aryl methyl sites for hydroxylation is 1. The van der Waals surface area contributed by atoms with E-state index in [1.54, 1.807) is 19.0 Å². The lowest BCUT2D eigenvalue weighted by Gasteiger charge is -2.38. The average Bonchev–Trinajstić information content (AvgIpc) is 2.81. The monoisotopic (exact) mass is 444 g/mol. The van der Waals surface area contributed by atoms with Gasteiger partial charge in [-0.3, -0.25) is 9.69 Å². The predicted octanol–water partition coefficient (Wildman–Crippen LogP) is 1.18. The normalized spacial score (nSPS) is 18.1. The van der Waals surface area contributed by atoms with Crippen LogP contribution in [0.1, 0.15) is 17.5 Å². The van der Waals surface area contributed by atoms with Gasteiger partial charge in [0.2, 0.25) is 5.91 Å². The van der Waals surface area contributed by atoms with Gasteiger partial charge in [-0.25, -0.2) is 4.99 Å². The van der Waals surface area contributed by atoms with Crippen molar-refractivity contribution < 1.29 is 9.53 Å². The van der Waals surface area contributed by atoms with Gasteiger partial charge >= 0.3 is 0 Å². The van der Waals surface area contributed by atoms with Gasteiger partial charge in [0.15, 0.2) is 5.96 Å². The molecule has 0 saturated carbocycles. The third-order valence-corrected chi connectivity index (χ3v) is 6.40. The Kier molecular flexibility index (Phi) is 9.17. The molecule has 2 heterocycles. The highest BCUT2D eigenvalue weighted by molar-refractivity contribution is 5.85. The number of carbonyl (C=O) groups is 1. The number of morpholine rings is 1. The highest BCUT2D eigenvalue weighted by Crippen LogP contribution is 2.23. The molecular formula is C24H40N6O2. The number of hydrogen-bond donors (Lipinski definition) is 1. The number of amides is 1. The van der Waals surface area contributed by atoms with E-state index in [1.165, 1.54) is 16.8 Å². The summed E-state index contributed by atoms with van der Waals surface area (Å²) in [4.78, 5) is 25.6. The number of hydrogen-bond acceptors (Lipinski definition) is 5. The molecule has 0 spiro atoms. The van der Waals surface area contributed by atoms with Gasteiger partial charge in [0, 0.05) is 65.6 Å². The zero-order valence-electron chi connectivity index (χ0n) is 20.3. The van der Waals surface area contributed by atoms with E-state index in [4.69, 9.17) is 4.74 Å². The summed E-state index contributed by atoms with van der Waals surface area (Å²) >= 11 is 0. The van der Waals surface area contributed by atoms with Crippen LogP contribution in [0.25, 0.3) is 0 Å². The van der Waals surface area contributed by atoms with Crippen molar-refractivity contribution in [2.24, 2.45) is 4.99 Å². The molecule has 2 fully saturated rings. The van der Waals surface area contributed by atoms with Gasteiger partial charge in [-0.1, -0.05) is 12.1 Å². The van der Waals surface area contributed by atoms with Crippen molar-refractivity contribution in [2.75, 3.05) is 91.1 Å². The lowest BCUT2D eigenvalue weighted by atomic mass is 10.1. The molecule has 1 aromatic rings. The van der Waals surface area contributed by atoms with Crippen LogP contribution in [0.4, 0.5) is 5.69 Å². The molecule has 3 rings (SSSR count). The number of guanidine groups is 1. The first-order chi connectivity index (χ1) is 15.5. The third kappa shape index (κ3) is 6.84. The Morgan fingerprint density at radius 3 is 2.50 bits per heavy atom. The molecule has 178 valence electrons. The summed E-state index contributed by atoms with van der Waals surface area (Å²) < 4.78 is 5.43. The standard InChI is InChI=1S/C24H40N6O2/c1-20-7-5-8-22(21(20)2)29-11-13-30(14-12-29)24(26-19-23(31)27(3)4)25-9-6-10-28-15-17-32-18-16-28/h5,7-8H,6,9-19H2,1-4H3,(H,25,26). The zero-order valence-corrected chi connectivity index (χ0v) is 20.3. The van der Waals surface area contributed by atoms with E-state index in [1.807, 2.05) is 0 Å². The molecular weight excluding hydrogens is 404 g/mol. The first-order valence-electron chi connectivity index (χ1n) is 11.8. The highest BCUT2D eigenvalue weighted by Gasteiger charge is 2.21. The van der Waals surface area contributed by atoms with E-state index >= 15 is 0 Å². The molecule has 8 nitrogen and oxygen atoms in total. The van der Waals surface area contributed by atoms with Crippen LogP contribution in [-0.2, 0) is 9.53 Å². The van der Waals surface area contributed by atoms with Crippen LogP contribution < -0.4 is 10.2 Å². The number of nitrogens with one attached hydrogen (secondary N) is 1. The molecule has 32 heavy (non-hydrogen) atoms. The molecule has 0 bridgehead atoms. The Bertz CT molecular complexity index is 768. The summed E-state index contributed by atoms with van der Waals surface area (Å²) in [7, 11) is 3.55. The molecule has 2 aliphatic rings. The van der Waals surface area contributed by atoms with Gasteiger partial charge < -0.3 is 24.8 Å². The summed E-state index contributed by atoms with van der Waals surface area (Å²) in [5.41, 5.74) is 4.01. The van der Waals surface area contributed by atoms with Crippen molar-refractivity contribution in [3.8, 4) is 0 Å². The zero-order chi connectivity index (χ0) is 22.9. The van der Waals surface area contributed by atoms with E-state index in [2.05, 4.69) is 57.1 Å². The van der Waals surface area contributed by atoms with E-state index < -0.39 is 0 Å². The quantitative estimate of drug-likeness (QED) is 0.387. The number of piperazine rings is 1. The van der Waals surface area contributed by atoms with Crippen LogP contribution >= 0.6 is 0 Å². The second-order valence-corrected chi connectivity index (χ2v) is 8.86. The molecule has 0 atom stereocenters. The average molecular weight is 445 g/mol. The molecule has 1 aromatic carbocycles. The SMILES string of the molecule is Cc1cccc(N2CCN(C(=NCC(=O)N(C)C)NCCCN3CCOCC3)CC2)c1C. The summed E-state index contributed by atoms with van der Waals surface area (Å²) in [5.74, 6) is 0.870. The minimum Gasteiger partial charge on any atom is -0.379 e. The Morgan fingerprint density at radius 1 is 1.09 bits per heavy atom.